The van der Waals surface area contributed by atoms with Gasteiger partial charge in [-0.3, -0.25) is 4.79 Å². The van der Waals surface area contributed by atoms with Crippen molar-refractivity contribution < 1.29 is 14.6 Å². The number of aryl methyl sites for hydroxylation is 1. The van der Waals surface area contributed by atoms with E-state index in [0.717, 1.165) is 11.1 Å². The molecule has 0 saturated carbocycles. The molecule has 2 aromatic carbocycles. The van der Waals surface area contributed by atoms with Crippen LogP contribution in [0, 0.1) is 6.92 Å². The molecule has 3 rings (SSSR count). The molecule has 2 aromatic rings. The van der Waals surface area contributed by atoms with E-state index in [2.05, 4.69) is 0 Å². The molecule has 0 unspecified atom stereocenters. The minimum Gasteiger partial charge on any atom is -0.508 e. The van der Waals surface area contributed by atoms with Gasteiger partial charge in [-0.05, 0) is 42.3 Å². The van der Waals surface area contributed by atoms with Crippen molar-refractivity contribution in [2.75, 3.05) is 0 Å². The number of rotatable bonds is 1. The summed E-state index contributed by atoms with van der Waals surface area (Å²) in [5, 5.41) is 9.66. The molecule has 0 aliphatic carbocycles. The van der Waals surface area contributed by atoms with E-state index in [1.165, 1.54) is 0 Å². The Morgan fingerprint density at radius 3 is 2.68 bits per heavy atom. The quantitative estimate of drug-likeness (QED) is 0.792. The third-order valence-corrected chi connectivity index (χ3v) is 3.11. The van der Waals surface area contributed by atoms with Crippen LogP contribution in [0.2, 0.25) is 0 Å². The summed E-state index contributed by atoms with van der Waals surface area (Å²) in [5.74, 6) is 0.938. The Labute approximate surface area is 110 Å². The smallest absolute Gasteiger partial charge is 0.231 e. The van der Waals surface area contributed by atoms with Crippen LogP contribution in [0.25, 0.3) is 6.08 Å². The SMILES string of the molecule is Cc1ccc(/C=C2\Oc3ccccc3C2=O)cc1O. The Hall–Kier alpha value is -2.55. The van der Waals surface area contributed by atoms with Crippen molar-refractivity contribution >= 4 is 11.9 Å². The van der Waals surface area contributed by atoms with E-state index in [1.54, 1.807) is 36.4 Å². The standard InChI is InChI=1S/C16H12O3/c1-10-6-7-11(8-13(10)17)9-15-16(18)12-4-2-3-5-14(12)19-15/h2-9,17H,1H3/b15-9-. The number of Topliss-reactive ketones (excluding diaryl/α,β-unsaturated/α-hetero) is 1. The Balaban J connectivity index is 1.98. The van der Waals surface area contributed by atoms with Crippen molar-refractivity contribution in [3.05, 3.63) is 64.9 Å². The van der Waals surface area contributed by atoms with Gasteiger partial charge in [0, 0.05) is 0 Å². The maximum atomic E-state index is 12.1. The molecular weight excluding hydrogens is 240 g/mol. The molecule has 3 heteroatoms. The second-order valence-corrected chi connectivity index (χ2v) is 4.48. The number of phenols is 1. The summed E-state index contributed by atoms with van der Waals surface area (Å²) >= 11 is 0. The Bertz CT molecular complexity index is 699. The van der Waals surface area contributed by atoms with Gasteiger partial charge in [-0.25, -0.2) is 0 Å². The number of benzene rings is 2. The summed E-state index contributed by atoms with van der Waals surface area (Å²) in [6, 6.07) is 12.4. The summed E-state index contributed by atoms with van der Waals surface area (Å²) in [5.41, 5.74) is 2.11. The molecule has 3 nitrogen and oxygen atoms in total. The topological polar surface area (TPSA) is 46.5 Å². The average Bonchev–Trinajstić information content (AvgIpc) is 2.72. The molecule has 0 atom stereocenters. The lowest BCUT2D eigenvalue weighted by molar-refractivity contribution is 0.101. The number of para-hydroxylation sites is 1. The molecule has 19 heavy (non-hydrogen) atoms. The van der Waals surface area contributed by atoms with Gasteiger partial charge < -0.3 is 9.84 Å². The summed E-state index contributed by atoms with van der Waals surface area (Å²) in [4.78, 5) is 12.1. The highest BCUT2D eigenvalue weighted by atomic mass is 16.5. The number of carbonyl (C=O) groups excluding carboxylic acids is 1. The average molecular weight is 252 g/mol. The van der Waals surface area contributed by atoms with E-state index in [-0.39, 0.29) is 17.3 Å². The maximum absolute atomic E-state index is 12.1. The molecule has 1 aliphatic heterocycles. The zero-order valence-electron chi connectivity index (χ0n) is 10.4. The van der Waals surface area contributed by atoms with Crippen molar-refractivity contribution in [1.29, 1.82) is 0 Å². The molecule has 94 valence electrons. The lowest BCUT2D eigenvalue weighted by Gasteiger charge is -2.01. The summed E-state index contributed by atoms with van der Waals surface area (Å²) in [7, 11) is 0. The van der Waals surface area contributed by atoms with E-state index in [4.69, 9.17) is 4.74 Å². The number of hydrogen-bond acceptors (Lipinski definition) is 3. The van der Waals surface area contributed by atoms with Crippen molar-refractivity contribution in [2.24, 2.45) is 0 Å². The van der Waals surface area contributed by atoms with Crippen LogP contribution < -0.4 is 4.74 Å². The predicted octanol–water partition coefficient (Wildman–Crippen LogP) is 3.32. The normalized spacial score (nSPS) is 15.4. The summed E-state index contributed by atoms with van der Waals surface area (Å²) < 4.78 is 5.52. The number of allylic oxidation sites excluding steroid dienone is 1. The zero-order chi connectivity index (χ0) is 13.4. The van der Waals surface area contributed by atoms with E-state index >= 15 is 0 Å². The van der Waals surface area contributed by atoms with Crippen LogP contribution >= 0.6 is 0 Å². The third kappa shape index (κ3) is 1.99. The molecule has 0 spiro atoms. The van der Waals surface area contributed by atoms with Crippen LogP contribution in [0.15, 0.2) is 48.2 Å². The number of carbonyl (C=O) groups is 1. The molecule has 0 amide bonds. The first-order valence-corrected chi connectivity index (χ1v) is 5.98. The summed E-state index contributed by atoms with van der Waals surface area (Å²) in [6.45, 7) is 1.82. The van der Waals surface area contributed by atoms with Gasteiger partial charge in [0.2, 0.25) is 5.78 Å². The van der Waals surface area contributed by atoms with Gasteiger partial charge in [0.05, 0.1) is 5.56 Å². The molecule has 0 saturated heterocycles. The van der Waals surface area contributed by atoms with E-state index in [9.17, 15) is 9.90 Å². The zero-order valence-corrected chi connectivity index (χ0v) is 10.4. The Morgan fingerprint density at radius 1 is 1.16 bits per heavy atom. The molecule has 1 N–H and O–H groups in total. The van der Waals surface area contributed by atoms with E-state index < -0.39 is 0 Å². The predicted molar refractivity (Wildman–Crippen MR) is 72.2 cm³/mol. The number of ketones is 1. The maximum Gasteiger partial charge on any atom is 0.231 e. The third-order valence-electron chi connectivity index (χ3n) is 3.11. The fourth-order valence-electron chi connectivity index (χ4n) is 2.00. The first kappa shape index (κ1) is 11.5. The molecular formula is C16H12O3. The Morgan fingerprint density at radius 2 is 1.95 bits per heavy atom. The molecule has 1 heterocycles. The van der Waals surface area contributed by atoms with Gasteiger partial charge in [-0.2, -0.15) is 0 Å². The highest BCUT2D eigenvalue weighted by Crippen LogP contribution is 2.31. The second kappa shape index (κ2) is 4.28. The van der Waals surface area contributed by atoms with Gasteiger partial charge in [0.15, 0.2) is 5.76 Å². The number of hydrogen-bond donors (Lipinski definition) is 1. The lowest BCUT2D eigenvalue weighted by atomic mass is 10.1. The fraction of sp³-hybridized carbons (Fsp3) is 0.0625. The molecule has 1 aliphatic rings. The number of phenolic OH excluding ortho intramolecular Hbond substituents is 1. The van der Waals surface area contributed by atoms with Gasteiger partial charge in [0.25, 0.3) is 0 Å². The fourth-order valence-corrected chi connectivity index (χ4v) is 2.00. The first-order valence-electron chi connectivity index (χ1n) is 5.98. The monoisotopic (exact) mass is 252 g/mol. The highest BCUT2D eigenvalue weighted by Gasteiger charge is 2.26. The van der Waals surface area contributed by atoms with Crippen LogP contribution in [-0.2, 0) is 0 Å². The van der Waals surface area contributed by atoms with Crippen LogP contribution in [0.1, 0.15) is 21.5 Å². The Kier molecular flexibility index (Phi) is 2.60. The number of ether oxygens (including phenoxy) is 1. The summed E-state index contributed by atoms with van der Waals surface area (Å²) in [6.07, 6.45) is 1.64. The van der Waals surface area contributed by atoms with Crippen LogP contribution in [-0.4, -0.2) is 10.9 Å². The first-order chi connectivity index (χ1) is 9.15. The van der Waals surface area contributed by atoms with Crippen LogP contribution in [0.4, 0.5) is 0 Å². The number of aromatic hydroxyl groups is 1. The lowest BCUT2D eigenvalue weighted by Crippen LogP contribution is -1.97. The van der Waals surface area contributed by atoms with Crippen molar-refractivity contribution in [3.8, 4) is 11.5 Å². The minimum absolute atomic E-state index is 0.129. The van der Waals surface area contributed by atoms with Crippen LogP contribution in [0.3, 0.4) is 0 Å². The minimum atomic E-state index is -0.129. The van der Waals surface area contributed by atoms with Gasteiger partial charge in [0.1, 0.15) is 11.5 Å². The van der Waals surface area contributed by atoms with Crippen LogP contribution in [0.5, 0.6) is 11.5 Å². The number of fused-ring (bicyclic) bond motifs is 1. The van der Waals surface area contributed by atoms with Gasteiger partial charge >= 0.3 is 0 Å². The molecule has 0 radical (unpaired) electrons. The van der Waals surface area contributed by atoms with Crippen molar-refractivity contribution in [1.82, 2.24) is 0 Å². The highest BCUT2D eigenvalue weighted by molar-refractivity contribution is 6.14. The second-order valence-electron chi connectivity index (χ2n) is 4.48. The van der Waals surface area contributed by atoms with Crippen molar-refractivity contribution in [3.63, 3.8) is 0 Å². The van der Waals surface area contributed by atoms with E-state index in [1.807, 2.05) is 19.1 Å². The van der Waals surface area contributed by atoms with Crippen molar-refractivity contribution in [2.45, 2.75) is 6.92 Å². The van der Waals surface area contributed by atoms with Gasteiger partial charge in [-0.1, -0.05) is 24.3 Å². The van der Waals surface area contributed by atoms with E-state index in [0.29, 0.717) is 11.3 Å². The molecule has 0 aromatic heterocycles. The largest absolute Gasteiger partial charge is 0.508 e. The molecule has 0 fully saturated rings. The van der Waals surface area contributed by atoms with Gasteiger partial charge in [-0.15, -0.1) is 0 Å². The molecule has 0 bridgehead atoms.